The van der Waals surface area contributed by atoms with E-state index < -0.39 is 5.91 Å². The third-order valence-electron chi connectivity index (χ3n) is 4.28. The number of halogens is 3. The normalized spacial score (nSPS) is 14.2. The van der Waals surface area contributed by atoms with Gasteiger partial charge in [0.2, 0.25) is 0 Å². The van der Waals surface area contributed by atoms with Crippen molar-refractivity contribution in [2.45, 2.75) is 19.3 Å². The summed E-state index contributed by atoms with van der Waals surface area (Å²) in [5, 5.41) is 3.89. The molecular formula is C19H17Cl3N2O2. The number of likely N-dealkylation sites (tertiary alicyclic amines) is 1. The Bertz CT molecular complexity index is 849. The standard InChI is InChI=1S/C19H17Cl3N2O2/c20-12-5-7-17(15(10-12)19(26)24-8-2-1-3-9-24)23-18(25)14-6-4-13(21)11-16(14)22/h4-7,10-11H,1-3,8-9H2,(H,23,25). The van der Waals surface area contributed by atoms with E-state index in [2.05, 4.69) is 5.32 Å². The van der Waals surface area contributed by atoms with Gasteiger partial charge in [-0.2, -0.15) is 0 Å². The smallest absolute Gasteiger partial charge is 0.257 e. The Kier molecular flexibility index (Phi) is 6.07. The molecule has 0 aliphatic carbocycles. The van der Waals surface area contributed by atoms with Crippen molar-refractivity contribution in [2.24, 2.45) is 0 Å². The fourth-order valence-electron chi connectivity index (χ4n) is 2.93. The van der Waals surface area contributed by atoms with Crippen LogP contribution in [0.4, 0.5) is 5.69 Å². The molecule has 0 spiro atoms. The van der Waals surface area contributed by atoms with Crippen LogP contribution in [0.1, 0.15) is 40.0 Å². The van der Waals surface area contributed by atoms with Crippen molar-refractivity contribution in [3.8, 4) is 0 Å². The Morgan fingerprint density at radius 3 is 2.19 bits per heavy atom. The Hall–Kier alpha value is -1.75. The number of nitrogens with zero attached hydrogens (tertiary/aromatic N) is 1. The molecule has 1 N–H and O–H groups in total. The van der Waals surface area contributed by atoms with E-state index in [4.69, 9.17) is 34.8 Å². The molecule has 3 rings (SSSR count). The molecule has 1 heterocycles. The van der Waals surface area contributed by atoms with E-state index >= 15 is 0 Å². The zero-order chi connectivity index (χ0) is 18.7. The first-order valence-corrected chi connectivity index (χ1v) is 9.44. The van der Waals surface area contributed by atoms with Crippen LogP contribution in [0.5, 0.6) is 0 Å². The highest BCUT2D eigenvalue weighted by Gasteiger charge is 2.22. The molecule has 7 heteroatoms. The Morgan fingerprint density at radius 2 is 1.50 bits per heavy atom. The molecule has 0 saturated carbocycles. The van der Waals surface area contributed by atoms with Crippen LogP contribution in [0, 0.1) is 0 Å². The summed E-state index contributed by atoms with van der Waals surface area (Å²) in [5.41, 5.74) is 1.06. The Morgan fingerprint density at radius 1 is 0.846 bits per heavy atom. The van der Waals surface area contributed by atoms with Gasteiger partial charge in [-0.25, -0.2) is 0 Å². The van der Waals surface area contributed by atoms with Crippen molar-refractivity contribution >= 4 is 52.3 Å². The first kappa shape index (κ1) is 19.0. The maximum Gasteiger partial charge on any atom is 0.257 e. The van der Waals surface area contributed by atoms with Gasteiger partial charge in [-0.05, 0) is 55.7 Å². The summed E-state index contributed by atoms with van der Waals surface area (Å²) in [6.45, 7) is 1.42. The lowest BCUT2D eigenvalue weighted by Crippen LogP contribution is -2.36. The van der Waals surface area contributed by atoms with Gasteiger partial charge in [-0.15, -0.1) is 0 Å². The number of hydrogen-bond donors (Lipinski definition) is 1. The molecule has 0 aromatic heterocycles. The van der Waals surface area contributed by atoms with E-state index in [1.54, 1.807) is 35.2 Å². The molecular weight excluding hydrogens is 395 g/mol. The molecule has 26 heavy (non-hydrogen) atoms. The van der Waals surface area contributed by atoms with Crippen molar-refractivity contribution in [2.75, 3.05) is 18.4 Å². The summed E-state index contributed by atoms with van der Waals surface area (Å²) in [7, 11) is 0. The average Bonchev–Trinajstić information content (AvgIpc) is 2.63. The van der Waals surface area contributed by atoms with Gasteiger partial charge in [0.25, 0.3) is 11.8 Å². The minimum Gasteiger partial charge on any atom is -0.339 e. The van der Waals surface area contributed by atoms with Gasteiger partial charge in [0.15, 0.2) is 0 Å². The fraction of sp³-hybridized carbons (Fsp3) is 0.263. The van der Waals surface area contributed by atoms with E-state index in [9.17, 15) is 9.59 Å². The number of hydrogen-bond acceptors (Lipinski definition) is 2. The molecule has 1 aliphatic heterocycles. The van der Waals surface area contributed by atoms with Crippen molar-refractivity contribution in [1.29, 1.82) is 0 Å². The number of piperidine rings is 1. The van der Waals surface area contributed by atoms with Crippen LogP contribution < -0.4 is 5.32 Å². The quantitative estimate of drug-likeness (QED) is 0.722. The summed E-state index contributed by atoms with van der Waals surface area (Å²) in [5.74, 6) is -0.550. The first-order valence-electron chi connectivity index (χ1n) is 8.31. The minimum absolute atomic E-state index is 0.135. The number of rotatable bonds is 3. The SMILES string of the molecule is O=C(Nc1ccc(Cl)cc1C(=O)N1CCCCC1)c1ccc(Cl)cc1Cl. The zero-order valence-corrected chi connectivity index (χ0v) is 16.2. The molecule has 1 fully saturated rings. The summed E-state index contributed by atoms with van der Waals surface area (Å²) in [4.78, 5) is 27.3. The minimum atomic E-state index is -0.415. The maximum atomic E-state index is 12.9. The van der Waals surface area contributed by atoms with E-state index in [1.165, 1.54) is 6.07 Å². The summed E-state index contributed by atoms with van der Waals surface area (Å²) in [6, 6.07) is 9.47. The Labute approximate surface area is 167 Å². The van der Waals surface area contributed by atoms with Crippen LogP contribution >= 0.6 is 34.8 Å². The van der Waals surface area contributed by atoms with Gasteiger partial charge in [0, 0.05) is 23.1 Å². The van der Waals surface area contributed by atoms with Gasteiger partial charge >= 0.3 is 0 Å². The molecule has 136 valence electrons. The monoisotopic (exact) mass is 410 g/mol. The number of anilines is 1. The van der Waals surface area contributed by atoms with Gasteiger partial charge < -0.3 is 10.2 Å². The molecule has 2 amide bonds. The largest absolute Gasteiger partial charge is 0.339 e. The highest BCUT2D eigenvalue weighted by atomic mass is 35.5. The first-order chi connectivity index (χ1) is 12.5. The summed E-state index contributed by atoms with van der Waals surface area (Å²) < 4.78 is 0. The van der Waals surface area contributed by atoms with Crippen molar-refractivity contribution in [3.63, 3.8) is 0 Å². The van der Waals surface area contributed by atoms with Gasteiger partial charge in [0.1, 0.15) is 0 Å². The molecule has 0 radical (unpaired) electrons. The van der Waals surface area contributed by atoms with E-state index in [0.29, 0.717) is 34.4 Å². The van der Waals surface area contributed by atoms with Crippen LogP contribution in [-0.2, 0) is 0 Å². The Balaban J connectivity index is 1.87. The lowest BCUT2D eigenvalue weighted by Gasteiger charge is -2.27. The number of benzene rings is 2. The van der Waals surface area contributed by atoms with Gasteiger partial charge in [-0.1, -0.05) is 34.8 Å². The van der Waals surface area contributed by atoms with Crippen LogP contribution in [0.25, 0.3) is 0 Å². The third-order valence-corrected chi connectivity index (χ3v) is 5.06. The third kappa shape index (κ3) is 4.32. The van der Waals surface area contributed by atoms with Crippen molar-refractivity contribution < 1.29 is 9.59 Å². The second kappa shape index (κ2) is 8.30. The highest BCUT2D eigenvalue weighted by molar-refractivity contribution is 6.37. The van der Waals surface area contributed by atoms with E-state index in [-0.39, 0.29) is 16.5 Å². The van der Waals surface area contributed by atoms with Crippen LogP contribution in [0.3, 0.4) is 0 Å². The second-order valence-electron chi connectivity index (χ2n) is 6.12. The predicted octanol–water partition coefficient (Wildman–Crippen LogP) is 5.53. The zero-order valence-electron chi connectivity index (χ0n) is 13.9. The summed E-state index contributed by atoms with van der Waals surface area (Å²) in [6.07, 6.45) is 3.08. The number of carbonyl (C=O) groups is 2. The van der Waals surface area contributed by atoms with Crippen molar-refractivity contribution in [1.82, 2.24) is 4.90 Å². The fourth-order valence-corrected chi connectivity index (χ4v) is 3.60. The molecule has 4 nitrogen and oxygen atoms in total. The van der Waals surface area contributed by atoms with Crippen LogP contribution in [0.2, 0.25) is 15.1 Å². The van der Waals surface area contributed by atoms with Gasteiger partial charge in [-0.3, -0.25) is 9.59 Å². The maximum absolute atomic E-state index is 12.9. The topological polar surface area (TPSA) is 49.4 Å². The predicted molar refractivity (Wildman–Crippen MR) is 106 cm³/mol. The molecule has 1 aliphatic rings. The van der Waals surface area contributed by atoms with Crippen LogP contribution in [0.15, 0.2) is 36.4 Å². The van der Waals surface area contributed by atoms with E-state index in [0.717, 1.165) is 19.3 Å². The number of carbonyl (C=O) groups excluding carboxylic acids is 2. The molecule has 1 saturated heterocycles. The number of nitrogens with one attached hydrogen (secondary N) is 1. The molecule has 0 atom stereocenters. The summed E-state index contributed by atoms with van der Waals surface area (Å²) >= 11 is 18.0. The second-order valence-corrected chi connectivity index (χ2v) is 7.40. The van der Waals surface area contributed by atoms with Crippen LogP contribution in [-0.4, -0.2) is 29.8 Å². The molecule has 2 aromatic carbocycles. The number of amides is 2. The highest BCUT2D eigenvalue weighted by Crippen LogP contribution is 2.26. The van der Waals surface area contributed by atoms with Gasteiger partial charge in [0.05, 0.1) is 21.8 Å². The lowest BCUT2D eigenvalue weighted by atomic mass is 10.1. The van der Waals surface area contributed by atoms with E-state index in [1.807, 2.05) is 0 Å². The lowest BCUT2D eigenvalue weighted by molar-refractivity contribution is 0.0725. The van der Waals surface area contributed by atoms with Crippen molar-refractivity contribution in [3.05, 3.63) is 62.6 Å². The average molecular weight is 412 g/mol. The molecule has 0 bridgehead atoms. The molecule has 2 aromatic rings. The molecule has 0 unspecified atom stereocenters.